The van der Waals surface area contributed by atoms with Crippen molar-refractivity contribution in [3.05, 3.63) is 53.8 Å². The summed E-state index contributed by atoms with van der Waals surface area (Å²) in [6.07, 6.45) is 0. The lowest BCUT2D eigenvalue weighted by Gasteiger charge is -2.08. The van der Waals surface area contributed by atoms with Crippen molar-refractivity contribution in [1.29, 1.82) is 0 Å². The normalized spacial score (nSPS) is 10.1. The second kappa shape index (κ2) is 4.75. The van der Waals surface area contributed by atoms with E-state index in [0.717, 1.165) is 0 Å². The maximum Gasteiger partial charge on any atom is 0.259 e. The average molecular weight is 246 g/mol. The molecule has 2 rings (SSSR count). The number of amides is 1. The fourth-order valence-electron chi connectivity index (χ4n) is 1.49. The number of carbonyl (C=O) groups excluding carboxylic acids is 1. The van der Waals surface area contributed by atoms with Gasteiger partial charge in [0.2, 0.25) is 0 Å². The Bertz CT molecular complexity index is 599. The molecule has 4 N–H and O–H groups in total. The summed E-state index contributed by atoms with van der Waals surface area (Å²) < 4.78 is 13.3. The van der Waals surface area contributed by atoms with E-state index < -0.39 is 11.7 Å². The van der Waals surface area contributed by atoms with Gasteiger partial charge in [0.15, 0.2) is 0 Å². The Balaban J connectivity index is 2.28. The fraction of sp³-hybridized carbons (Fsp3) is 0. The minimum Gasteiger partial charge on any atom is -0.507 e. The molecule has 0 fully saturated rings. The minimum absolute atomic E-state index is 0.00162. The third kappa shape index (κ3) is 2.40. The number of benzene rings is 2. The number of para-hydroxylation sites is 1. The van der Waals surface area contributed by atoms with E-state index in [4.69, 9.17) is 5.73 Å². The van der Waals surface area contributed by atoms with Crippen LogP contribution in [0.5, 0.6) is 5.75 Å². The Labute approximate surface area is 103 Å². The quantitative estimate of drug-likeness (QED) is 0.562. The van der Waals surface area contributed by atoms with Gasteiger partial charge in [-0.3, -0.25) is 4.79 Å². The first-order chi connectivity index (χ1) is 8.58. The first-order valence-electron chi connectivity index (χ1n) is 5.22. The number of aromatic hydroxyl groups is 1. The molecule has 0 aliphatic rings. The Morgan fingerprint density at radius 3 is 2.67 bits per heavy atom. The third-order valence-electron chi connectivity index (χ3n) is 2.39. The maximum absolute atomic E-state index is 13.3. The number of phenolic OH excluding ortho intramolecular Hbond substituents is 1. The Morgan fingerprint density at radius 2 is 1.94 bits per heavy atom. The first kappa shape index (κ1) is 11.9. The van der Waals surface area contributed by atoms with Crippen LogP contribution in [0.25, 0.3) is 0 Å². The van der Waals surface area contributed by atoms with Crippen molar-refractivity contribution in [1.82, 2.24) is 0 Å². The van der Waals surface area contributed by atoms with E-state index in [1.165, 1.54) is 36.4 Å². The molecule has 0 unspecified atom stereocenters. The zero-order valence-electron chi connectivity index (χ0n) is 9.35. The summed E-state index contributed by atoms with van der Waals surface area (Å²) in [4.78, 5) is 11.8. The van der Waals surface area contributed by atoms with Crippen LogP contribution in [0, 0.1) is 5.82 Å². The molecule has 0 saturated carbocycles. The summed E-state index contributed by atoms with van der Waals surface area (Å²) in [7, 11) is 0. The van der Waals surface area contributed by atoms with Gasteiger partial charge in [-0.1, -0.05) is 12.1 Å². The van der Waals surface area contributed by atoms with Crippen molar-refractivity contribution in [3.8, 4) is 5.75 Å². The molecule has 0 aliphatic heterocycles. The van der Waals surface area contributed by atoms with E-state index in [-0.39, 0.29) is 17.0 Å². The number of rotatable bonds is 2. The zero-order chi connectivity index (χ0) is 13.1. The van der Waals surface area contributed by atoms with Crippen LogP contribution in [-0.4, -0.2) is 11.0 Å². The van der Waals surface area contributed by atoms with Crippen LogP contribution in [0.1, 0.15) is 10.4 Å². The number of nitrogen functional groups attached to an aromatic ring is 1. The topological polar surface area (TPSA) is 75.3 Å². The van der Waals surface area contributed by atoms with Gasteiger partial charge in [0.05, 0.1) is 11.3 Å². The molecule has 0 radical (unpaired) electrons. The van der Waals surface area contributed by atoms with Crippen molar-refractivity contribution < 1.29 is 14.3 Å². The van der Waals surface area contributed by atoms with Gasteiger partial charge in [0, 0.05) is 5.69 Å². The standard InChI is InChI=1S/C13H11FN2O2/c14-10-3-1-2-4-11(10)16-13(18)9-7-8(15)5-6-12(9)17/h1-7,17H,15H2,(H,16,18). The van der Waals surface area contributed by atoms with Gasteiger partial charge in [-0.05, 0) is 30.3 Å². The summed E-state index contributed by atoms with van der Waals surface area (Å²) >= 11 is 0. The molecule has 0 saturated heterocycles. The van der Waals surface area contributed by atoms with Crippen LogP contribution in [0.3, 0.4) is 0 Å². The molecular weight excluding hydrogens is 235 g/mol. The molecule has 0 bridgehead atoms. The number of nitrogens with one attached hydrogen (secondary N) is 1. The Kier molecular flexibility index (Phi) is 3.14. The van der Waals surface area contributed by atoms with E-state index >= 15 is 0 Å². The highest BCUT2D eigenvalue weighted by Gasteiger charge is 2.13. The summed E-state index contributed by atoms with van der Waals surface area (Å²) in [5, 5.41) is 11.9. The highest BCUT2D eigenvalue weighted by atomic mass is 19.1. The van der Waals surface area contributed by atoms with E-state index in [1.807, 2.05) is 0 Å². The SMILES string of the molecule is Nc1ccc(O)c(C(=O)Nc2ccccc2F)c1. The molecule has 2 aromatic rings. The lowest BCUT2D eigenvalue weighted by atomic mass is 10.1. The van der Waals surface area contributed by atoms with Crippen molar-refractivity contribution in [3.63, 3.8) is 0 Å². The van der Waals surface area contributed by atoms with Crippen molar-refractivity contribution in [2.24, 2.45) is 0 Å². The third-order valence-corrected chi connectivity index (χ3v) is 2.39. The molecule has 4 nitrogen and oxygen atoms in total. The van der Waals surface area contributed by atoms with E-state index in [0.29, 0.717) is 5.69 Å². The summed E-state index contributed by atoms with van der Waals surface area (Å²) in [5.74, 6) is -1.38. The average Bonchev–Trinajstić information content (AvgIpc) is 2.35. The largest absolute Gasteiger partial charge is 0.507 e. The molecule has 0 atom stereocenters. The molecule has 0 spiro atoms. The number of anilines is 2. The van der Waals surface area contributed by atoms with Gasteiger partial charge in [-0.15, -0.1) is 0 Å². The highest BCUT2D eigenvalue weighted by molar-refractivity contribution is 6.06. The van der Waals surface area contributed by atoms with Crippen LogP contribution < -0.4 is 11.1 Å². The van der Waals surface area contributed by atoms with Crippen LogP contribution >= 0.6 is 0 Å². The monoisotopic (exact) mass is 246 g/mol. The number of hydrogen-bond acceptors (Lipinski definition) is 3. The molecule has 1 amide bonds. The van der Waals surface area contributed by atoms with Crippen molar-refractivity contribution in [2.45, 2.75) is 0 Å². The summed E-state index contributed by atoms with van der Waals surface area (Å²) in [6, 6.07) is 9.87. The molecule has 18 heavy (non-hydrogen) atoms. The molecular formula is C13H11FN2O2. The second-order valence-corrected chi connectivity index (χ2v) is 3.71. The van der Waals surface area contributed by atoms with Crippen molar-refractivity contribution in [2.75, 3.05) is 11.1 Å². The molecule has 2 aromatic carbocycles. The number of hydrogen-bond donors (Lipinski definition) is 3. The summed E-state index contributed by atoms with van der Waals surface area (Å²) in [5.41, 5.74) is 5.91. The lowest BCUT2D eigenvalue weighted by molar-refractivity contribution is 0.102. The first-order valence-corrected chi connectivity index (χ1v) is 5.22. The van der Waals surface area contributed by atoms with Crippen LogP contribution in [0.15, 0.2) is 42.5 Å². The predicted molar refractivity (Wildman–Crippen MR) is 66.9 cm³/mol. The fourth-order valence-corrected chi connectivity index (χ4v) is 1.49. The Hall–Kier alpha value is -2.56. The number of carbonyl (C=O) groups is 1. The highest BCUT2D eigenvalue weighted by Crippen LogP contribution is 2.22. The van der Waals surface area contributed by atoms with Gasteiger partial charge in [-0.2, -0.15) is 0 Å². The molecule has 5 heteroatoms. The van der Waals surface area contributed by atoms with Gasteiger partial charge in [0.25, 0.3) is 5.91 Å². The molecule has 0 aromatic heterocycles. The van der Waals surface area contributed by atoms with Gasteiger partial charge < -0.3 is 16.2 Å². The van der Waals surface area contributed by atoms with Crippen LogP contribution in [0.4, 0.5) is 15.8 Å². The molecule has 0 aliphatic carbocycles. The van der Waals surface area contributed by atoms with E-state index in [2.05, 4.69) is 5.32 Å². The van der Waals surface area contributed by atoms with Gasteiger partial charge in [-0.25, -0.2) is 4.39 Å². The molecule has 0 heterocycles. The van der Waals surface area contributed by atoms with Crippen molar-refractivity contribution >= 4 is 17.3 Å². The lowest BCUT2D eigenvalue weighted by Crippen LogP contribution is -2.13. The van der Waals surface area contributed by atoms with E-state index in [9.17, 15) is 14.3 Å². The van der Waals surface area contributed by atoms with Crippen LogP contribution in [0.2, 0.25) is 0 Å². The number of halogens is 1. The van der Waals surface area contributed by atoms with E-state index in [1.54, 1.807) is 6.07 Å². The van der Waals surface area contributed by atoms with Crippen LogP contribution in [-0.2, 0) is 0 Å². The summed E-state index contributed by atoms with van der Waals surface area (Å²) in [6.45, 7) is 0. The van der Waals surface area contributed by atoms with Gasteiger partial charge in [0.1, 0.15) is 11.6 Å². The predicted octanol–water partition coefficient (Wildman–Crippen LogP) is 2.37. The minimum atomic E-state index is -0.620. The number of phenols is 1. The zero-order valence-corrected chi connectivity index (χ0v) is 9.35. The number of nitrogens with two attached hydrogens (primary N) is 1. The van der Waals surface area contributed by atoms with Gasteiger partial charge >= 0.3 is 0 Å². The smallest absolute Gasteiger partial charge is 0.259 e. The maximum atomic E-state index is 13.3. The molecule has 92 valence electrons. The second-order valence-electron chi connectivity index (χ2n) is 3.71. The Morgan fingerprint density at radius 1 is 1.22 bits per heavy atom.